The molecule has 0 radical (unpaired) electrons. The van der Waals surface area contributed by atoms with E-state index in [-0.39, 0.29) is 5.91 Å². The van der Waals surface area contributed by atoms with E-state index in [1.165, 1.54) is 0 Å². The molecule has 0 saturated heterocycles. The molecule has 120 valence electrons. The Morgan fingerprint density at radius 3 is 2.77 bits per heavy atom. The van der Waals surface area contributed by atoms with Gasteiger partial charge in [0, 0.05) is 32.3 Å². The molecule has 6 nitrogen and oxygen atoms in total. The number of amides is 1. The van der Waals surface area contributed by atoms with Crippen LogP contribution in [0, 0.1) is 13.8 Å². The fourth-order valence-corrected chi connectivity index (χ4v) is 2.58. The van der Waals surface area contributed by atoms with E-state index in [2.05, 4.69) is 31.4 Å². The first-order valence-electron chi connectivity index (χ1n) is 7.11. The Labute approximate surface area is 143 Å². The molecule has 1 N–H and O–H groups in total. The number of hydrogen-bond acceptors (Lipinski definition) is 3. The van der Waals surface area contributed by atoms with Crippen LogP contribution >= 0.6 is 27.5 Å². The molecule has 2 rings (SSSR count). The maximum Gasteiger partial charge on any atom is 0.221 e. The summed E-state index contributed by atoms with van der Waals surface area (Å²) in [4.78, 5) is 11.8. The molecule has 0 aliphatic heterocycles. The van der Waals surface area contributed by atoms with E-state index in [9.17, 15) is 4.79 Å². The molecule has 8 heteroatoms. The lowest BCUT2D eigenvalue weighted by Gasteiger charge is -2.07. The third-order valence-electron chi connectivity index (χ3n) is 3.33. The highest BCUT2D eigenvalue weighted by Crippen LogP contribution is 2.18. The van der Waals surface area contributed by atoms with Crippen molar-refractivity contribution < 1.29 is 4.79 Å². The molecule has 22 heavy (non-hydrogen) atoms. The van der Waals surface area contributed by atoms with Crippen molar-refractivity contribution in [2.24, 2.45) is 0 Å². The number of carbonyl (C=O) groups is 1. The molecule has 0 aliphatic rings. The molecule has 2 aromatic heterocycles. The first kappa shape index (κ1) is 17.0. The van der Waals surface area contributed by atoms with Crippen LogP contribution < -0.4 is 5.32 Å². The van der Waals surface area contributed by atoms with Gasteiger partial charge in [-0.3, -0.25) is 14.2 Å². The second-order valence-electron chi connectivity index (χ2n) is 5.08. The Hall–Kier alpha value is -1.34. The van der Waals surface area contributed by atoms with Gasteiger partial charge in [0.1, 0.15) is 0 Å². The predicted octanol–water partition coefficient (Wildman–Crippen LogP) is 2.71. The summed E-state index contributed by atoms with van der Waals surface area (Å²) in [7, 11) is 0. The largest absolute Gasteiger partial charge is 0.356 e. The highest BCUT2D eigenvalue weighted by molar-refractivity contribution is 9.10. The highest BCUT2D eigenvalue weighted by atomic mass is 79.9. The summed E-state index contributed by atoms with van der Waals surface area (Å²) in [6, 6.07) is 0. The molecule has 1 amide bonds. The molecule has 0 fully saturated rings. The quantitative estimate of drug-likeness (QED) is 0.742. The minimum absolute atomic E-state index is 0.0259. The zero-order valence-electron chi connectivity index (χ0n) is 12.6. The predicted molar refractivity (Wildman–Crippen MR) is 88.9 cm³/mol. The minimum Gasteiger partial charge on any atom is -0.356 e. The smallest absolute Gasteiger partial charge is 0.221 e. The number of aryl methyl sites for hydroxylation is 3. The van der Waals surface area contributed by atoms with Crippen molar-refractivity contribution in [1.29, 1.82) is 0 Å². The number of aromatic nitrogens is 4. The number of carbonyl (C=O) groups excluding carboxylic acids is 1. The van der Waals surface area contributed by atoms with E-state index < -0.39 is 0 Å². The first-order chi connectivity index (χ1) is 10.5. The van der Waals surface area contributed by atoms with E-state index in [1.54, 1.807) is 10.9 Å². The van der Waals surface area contributed by atoms with Crippen LogP contribution in [0.4, 0.5) is 0 Å². The lowest BCUT2D eigenvalue weighted by Crippen LogP contribution is -2.26. The van der Waals surface area contributed by atoms with Crippen LogP contribution in [0.2, 0.25) is 5.02 Å². The lowest BCUT2D eigenvalue weighted by molar-refractivity contribution is -0.121. The number of hydrogen-bond donors (Lipinski definition) is 1. The zero-order valence-corrected chi connectivity index (χ0v) is 15.0. The van der Waals surface area contributed by atoms with E-state index in [0.717, 1.165) is 33.8 Å². The summed E-state index contributed by atoms with van der Waals surface area (Å²) in [5.74, 6) is 0.0259. The molecule has 0 atom stereocenters. The van der Waals surface area contributed by atoms with Crippen molar-refractivity contribution in [3.8, 4) is 0 Å². The monoisotopic (exact) mass is 387 g/mol. The number of halogens is 2. The van der Waals surface area contributed by atoms with Gasteiger partial charge in [0.2, 0.25) is 5.91 Å². The normalized spacial score (nSPS) is 10.9. The Morgan fingerprint density at radius 2 is 2.18 bits per heavy atom. The summed E-state index contributed by atoms with van der Waals surface area (Å²) in [5, 5.41) is 12.1. The number of nitrogens with zero attached hydrogens (tertiary/aromatic N) is 4. The minimum atomic E-state index is 0.0259. The molecular weight excluding hydrogens is 370 g/mol. The van der Waals surface area contributed by atoms with Gasteiger partial charge in [-0.2, -0.15) is 10.2 Å². The molecule has 0 aromatic carbocycles. The average Bonchev–Trinajstić information content (AvgIpc) is 3.01. The average molecular weight is 389 g/mol. The molecule has 0 saturated carbocycles. The van der Waals surface area contributed by atoms with Gasteiger partial charge in [0.25, 0.3) is 0 Å². The van der Waals surface area contributed by atoms with E-state index in [0.29, 0.717) is 19.5 Å². The van der Waals surface area contributed by atoms with E-state index in [1.807, 2.05) is 24.7 Å². The fraction of sp³-hybridized carbons (Fsp3) is 0.500. The Balaban J connectivity index is 1.65. The second kappa shape index (κ2) is 7.78. The summed E-state index contributed by atoms with van der Waals surface area (Å²) in [6.07, 6.45) is 4.79. The van der Waals surface area contributed by atoms with Crippen LogP contribution in [-0.2, 0) is 17.9 Å². The molecule has 2 heterocycles. The van der Waals surface area contributed by atoms with E-state index in [4.69, 9.17) is 11.6 Å². The van der Waals surface area contributed by atoms with Crippen LogP contribution in [0.3, 0.4) is 0 Å². The van der Waals surface area contributed by atoms with Gasteiger partial charge < -0.3 is 5.32 Å². The summed E-state index contributed by atoms with van der Waals surface area (Å²) in [6.45, 7) is 5.78. The van der Waals surface area contributed by atoms with Gasteiger partial charge in [-0.15, -0.1) is 0 Å². The van der Waals surface area contributed by atoms with Crippen LogP contribution in [0.5, 0.6) is 0 Å². The van der Waals surface area contributed by atoms with Gasteiger partial charge in [-0.1, -0.05) is 11.6 Å². The molecule has 0 unspecified atom stereocenters. The number of nitrogens with one attached hydrogen (secondary N) is 1. The standard InChI is InChI=1S/C14H19BrClN5O/c1-10-14(16)11(2)21(19-10)6-3-5-17-13(22)4-7-20-9-12(15)8-18-20/h8-9H,3-7H2,1-2H3,(H,17,22). The summed E-state index contributed by atoms with van der Waals surface area (Å²) >= 11 is 9.42. The molecule has 0 spiro atoms. The molecule has 0 bridgehead atoms. The van der Waals surface area contributed by atoms with Gasteiger partial charge in [-0.05, 0) is 36.2 Å². The summed E-state index contributed by atoms with van der Waals surface area (Å²) < 4.78 is 4.53. The van der Waals surface area contributed by atoms with Crippen molar-refractivity contribution in [3.63, 3.8) is 0 Å². The molecular formula is C14H19BrClN5O. The molecule has 0 aliphatic carbocycles. The van der Waals surface area contributed by atoms with Gasteiger partial charge in [0.15, 0.2) is 0 Å². The highest BCUT2D eigenvalue weighted by Gasteiger charge is 2.08. The zero-order chi connectivity index (χ0) is 16.1. The van der Waals surface area contributed by atoms with Crippen molar-refractivity contribution >= 4 is 33.4 Å². The lowest BCUT2D eigenvalue weighted by atomic mass is 10.3. The number of rotatable bonds is 7. The first-order valence-corrected chi connectivity index (χ1v) is 8.28. The maximum atomic E-state index is 11.8. The van der Waals surface area contributed by atoms with Crippen molar-refractivity contribution in [3.05, 3.63) is 33.3 Å². The van der Waals surface area contributed by atoms with Crippen molar-refractivity contribution in [1.82, 2.24) is 24.9 Å². The fourth-order valence-electron chi connectivity index (χ4n) is 2.11. The topological polar surface area (TPSA) is 64.7 Å². The Kier molecular flexibility index (Phi) is 6.02. The van der Waals surface area contributed by atoms with Crippen LogP contribution in [0.25, 0.3) is 0 Å². The van der Waals surface area contributed by atoms with Crippen LogP contribution in [0.15, 0.2) is 16.9 Å². The van der Waals surface area contributed by atoms with Crippen molar-refractivity contribution in [2.45, 2.75) is 39.8 Å². The third-order valence-corrected chi connectivity index (χ3v) is 4.29. The van der Waals surface area contributed by atoms with E-state index >= 15 is 0 Å². The van der Waals surface area contributed by atoms with Gasteiger partial charge in [-0.25, -0.2) is 0 Å². The Bertz CT molecular complexity index is 652. The SMILES string of the molecule is Cc1nn(CCCNC(=O)CCn2cc(Br)cn2)c(C)c1Cl. The van der Waals surface area contributed by atoms with Crippen molar-refractivity contribution in [2.75, 3.05) is 6.54 Å². The Morgan fingerprint density at radius 1 is 1.41 bits per heavy atom. The van der Waals surface area contributed by atoms with Crippen LogP contribution in [-0.4, -0.2) is 32.0 Å². The second-order valence-corrected chi connectivity index (χ2v) is 6.38. The third kappa shape index (κ3) is 4.58. The van der Waals surface area contributed by atoms with Gasteiger partial charge in [0.05, 0.1) is 27.1 Å². The van der Waals surface area contributed by atoms with Crippen LogP contribution in [0.1, 0.15) is 24.2 Å². The van der Waals surface area contributed by atoms with Gasteiger partial charge >= 0.3 is 0 Å². The maximum absolute atomic E-state index is 11.8. The molecule has 2 aromatic rings. The summed E-state index contributed by atoms with van der Waals surface area (Å²) in [5.41, 5.74) is 1.81.